The van der Waals surface area contributed by atoms with Gasteiger partial charge in [-0.3, -0.25) is 0 Å². The van der Waals surface area contributed by atoms with Crippen LogP contribution in [0.4, 0.5) is 5.95 Å². The summed E-state index contributed by atoms with van der Waals surface area (Å²) in [6.07, 6.45) is 8.58. The minimum atomic E-state index is 0.481. The molecule has 4 nitrogen and oxygen atoms in total. The molecule has 1 aliphatic carbocycles. The standard InChI is InChI=1S/C12H19BrN4/c1-17(12-15-7-10(13)8-16-12)11-5-3-2-4-9(11)6-14/h7-9,11H,2-6,14H2,1H3. The van der Waals surface area contributed by atoms with Gasteiger partial charge in [0, 0.05) is 25.5 Å². The third-order valence-corrected chi connectivity index (χ3v) is 4.00. The van der Waals surface area contributed by atoms with Crippen LogP contribution in [-0.2, 0) is 0 Å². The van der Waals surface area contributed by atoms with E-state index in [0.717, 1.165) is 17.0 Å². The normalized spacial score (nSPS) is 24.6. The molecule has 0 aromatic carbocycles. The second kappa shape index (κ2) is 5.78. The first-order valence-corrected chi connectivity index (χ1v) is 6.92. The number of hydrogen-bond donors (Lipinski definition) is 1. The summed E-state index contributed by atoms with van der Waals surface area (Å²) >= 11 is 3.35. The maximum absolute atomic E-state index is 5.86. The lowest BCUT2D eigenvalue weighted by atomic mass is 9.84. The van der Waals surface area contributed by atoms with Gasteiger partial charge in [-0.25, -0.2) is 9.97 Å². The molecular weight excluding hydrogens is 280 g/mol. The largest absolute Gasteiger partial charge is 0.341 e. The van der Waals surface area contributed by atoms with E-state index in [2.05, 4.69) is 37.8 Å². The third-order valence-electron chi connectivity index (χ3n) is 3.59. The van der Waals surface area contributed by atoms with Crippen molar-refractivity contribution in [2.24, 2.45) is 11.7 Å². The van der Waals surface area contributed by atoms with Crippen LogP contribution >= 0.6 is 15.9 Å². The predicted molar refractivity (Wildman–Crippen MR) is 72.9 cm³/mol. The monoisotopic (exact) mass is 298 g/mol. The molecule has 2 unspecified atom stereocenters. The molecule has 2 N–H and O–H groups in total. The molecule has 2 atom stereocenters. The van der Waals surface area contributed by atoms with Crippen LogP contribution in [0.1, 0.15) is 25.7 Å². The van der Waals surface area contributed by atoms with Gasteiger partial charge in [0.15, 0.2) is 0 Å². The van der Waals surface area contributed by atoms with E-state index in [4.69, 9.17) is 5.73 Å². The van der Waals surface area contributed by atoms with Gasteiger partial charge >= 0.3 is 0 Å². The SMILES string of the molecule is CN(c1ncc(Br)cn1)C1CCCCC1CN. The minimum Gasteiger partial charge on any atom is -0.341 e. The number of aromatic nitrogens is 2. The van der Waals surface area contributed by atoms with E-state index in [9.17, 15) is 0 Å². The Kier molecular flexibility index (Phi) is 4.34. The molecule has 0 saturated heterocycles. The summed E-state index contributed by atoms with van der Waals surface area (Å²) in [5.74, 6) is 1.36. The van der Waals surface area contributed by atoms with E-state index < -0.39 is 0 Å². The lowest BCUT2D eigenvalue weighted by Gasteiger charge is -2.37. The van der Waals surface area contributed by atoms with Crippen LogP contribution < -0.4 is 10.6 Å². The van der Waals surface area contributed by atoms with Crippen molar-refractivity contribution in [3.8, 4) is 0 Å². The Balaban J connectivity index is 2.12. The summed E-state index contributed by atoms with van der Waals surface area (Å²) in [7, 11) is 2.07. The van der Waals surface area contributed by atoms with Crippen LogP contribution in [0.3, 0.4) is 0 Å². The van der Waals surface area contributed by atoms with E-state index in [1.807, 2.05) is 0 Å². The van der Waals surface area contributed by atoms with Crippen molar-refractivity contribution in [1.29, 1.82) is 0 Å². The fourth-order valence-electron chi connectivity index (χ4n) is 2.61. The van der Waals surface area contributed by atoms with E-state index in [1.54, 1.807) is 12.4 Å². The molecule has 94 valence electrons. The molecule has 17 heavy (non-hydrogen) atoms. The Morgan fingerprint density at radius 2 is 2.00 bits per heavy atom. The zero-order chi connectivity index (χ0) is 12.3. The van der Waals surface area contributed by atoms with Crippen LogP contribution in [0, 0.1) is 5.92 Å². The highest BCUT2D eigenvalue weighted by molar-refractivity contribution is 9.10. The molecule has 1 aromatic rings. The van der Waals surface area contributed by atoms with E-state index in [0.29, 0.717) is 12.0 Å². The Morgan fingerprint density at radius 1 is 1.35 bits per heavy atom. The number of nitrogens with zero attached hydrogens (tertiary/aromatic N) is 3. The quantitative estimate of drug-likeness (QED) is 0.929. The van der Waals surface area contributed by atoms with E-state index in [-0.39, 0.29) is 0 Å². The molecule has 1 aliphatic rings. The van der Waals surface area contributed by atoms with Crippen molar-refractivity contribution in [2.75, 3.05) is 18.5 Å². The highest BCUT2D eigenvalue weighted by atomic mass is 79.9. The van der Waals surface area contributed by atoms with Gasteiger partial charge in [0.2, 0.25) is 5.95 Å². The van der Waals surface area contributed by atoms with Gasteiger partial charge in [-0.05, 0) is 41.2 Å². The van der Waals surface area contributed by atoms with Gasteiger partial charge < -0.3 is 10.6 Å². The van der Waals surface area contributed by atoms with Crippen molar-refractivity contribution in [2.45, 2.75) is 31.7 Å². The molecule has 1 heterocycles. The first-order valence-electron chi connectivity index (χ1n) is 6.13. The zero-order valence-electron chi connectivity index (χ0n) is 10.1. The number of hydrogen-bond acceptors (Lipinski definition) is 4. The summed E-state index contributed by atoms with van der Waals surface area (Å²) in [4.78, 5) is 10.9. The predicted octanol–water partition coefficient (Wildman–Crippen LogP) is 2.19. The average molecular weight is 299 g/mol. The summed E-state index contributed by atoms with van der Waals surface area (Å²) in [5, 5.41) is 0. The van der Waals surface area contributed by atoms with Gasteiger partial charge in [-0.2, -0.15) is 0 Å². The fraction of sp³-hybridized carbons (Fsp3) is 0.667. The lowest BCUT2D eigenvalue weighted by molar-refractivity contribution is 0.304. The number of halogens is 1. The van der Waals surface area contributed by atoms with Crippen molar-refractivity contribution in [1.82, 2.24) is 9.97 Å². The zero-order valence-corrected chi connectivity index (χ0v) is 11.7. The van der Waals surface area contributed by atoms with Crippen molar-refractivity contribution >= 4 is 21.9 Å². The van der Waals surface area contributed by atoms with Gasteiger partial charge in [-0.15, -0.1) is 0 Å². The number of anilines is 1. The van der Waals surface area contributed by atoms with E-state index in [1.165, 1.54) is 25.7 Å². The van der Waals surface area contributed by atoms with Crippen LogP contribution in [0.2, 0.25) is 0 Å². The second-order valence-electron chi connectivity index (χ2n) is 4.66. The Morgan fingerprint density at radius 3 is 2.65 bits per heavy atom. The molecule has 0 amide bonds. The van der Waals surface area contributed by atoms with Crippen molar-refractivity contribution < 1.29 is 0 Å². The molecule has 1 saturated carbocycles. The van der Waals surface area contributed by atoms with Crippen LogP contribution in [0.5, 0.6) is 0 Å². The highest BCUT2D eigenvalue weighted by Crippen LogP contribution is 2.28. The van der Waals surface area contributed by atoms with Gasteiger partial charge in [0.1, 0.15) is 0 Å². The molecule has 0 spiro atoms. The molecule has 1 aromatic heterocycles. The Hall–Kier alpha value is -0.680. The smallest absolute Gasteiger partial charge is 0.225 e. The summed E-state index contributed by atoms with van der Waals surface area (Å²) in [6.45, 7) is 0.755. The second-order valence-corrected chi connectivity index (χ2v) is 5.58. The summed E-state index contributed by atoms with van der Waals surface area (Å²) in [5.41, 5.74) is 5.86. The molecule has 0 aliphatic heterocycles. The van der Waals surface area contributed by atoms with Gasteiger partial charge in [0.25, 0.3) is 0 Å². The van der Waals surface area contributed by atoms with Crippen molar-refractivity contribution in [3.05, 3.63) is 16.9 Å². The topological polar surface area (TPSA) is 55.0 Å². The summed E-state index contributed by atoms with van der Waals surface area (Å²) in [6, 6.07) is 0.481. The molecule has 0 bridgehead atoms. The van der Waals surface area contributed by atoms with Crippen LogP contribution in [-0.4, -0.2) is 29.6 Å². The molecule has 1 fully saturated rings. The Labute approximate surface area is 111 Å². The molecule has 5 heteroatoms. The fourth-order valence-corrected chi connectivity index (χ4v) is 2.81. The minimum absolute atomic E-state index is 0.481. The summed E-state index contributed by atoms with van der Waals surface area (Å²) < 4.78 is 0.911. The van der Waals surface area contributed by atoms with Crippen LogP contribution in [0.25, 0.3) is 0 Å². The molecular formula is C12H19BrN4. The number of nitrogens with two attached hydrogens (primary N) is 1. The maximum Gasteiger partial charge on any atom is 0.225 e. The first-order chi connectivity index (χ1) is 8.22. The van der Waals surface area contributed by atoms with Crippen molar-refractivity contribution in [3.63, 3.8) is 0 Å². The van der Waals surface area contributed by atoms with Crippen LogP contribution in [0.15, 0.2) is 16.9 Å². The molecule has 2 rings (SSSR count). The third kappa shape index (κ3) is 2.96. The first kappa shape index (κ1) is 12.8. The average Bonchev–Trinajstić information content (AvgIpc) is 2.39. The lowest BCUT2D eigenvalue weighted by Crippen LogP contribution is -2.43. The highest BCUT2D eigenvalue weighted by Gasteiger charge is 2.28. The maximum atomic E-state index is 5.86. The Bertz CT molecular complexity index is 354. The van der Waals surface area contributed by atoms with Gasteiger partial charge in [-0.1, -0.05) is 12.8 Å². The molecule has 0 radical (unpaired) electrons. The van der Waals surface area contributed by atoms with Gasteiger partial charge in [0.05, 0.1) is 4.47 Å². The van der Waals surface area contributed by atoms with E-state index >= 15 is 0 Å². The number of rotatable bonds is 3.